The molecule has 1 aromatic carbocycles. The molecule has 0 saturated carbocycles. The van der Waals surface area contributed by atoms with Crippen molar-refractivity contribution in [1.29, 1.82) is 0 Å². The van der Waals surface area contributed by atoms with E-state index in [9.17, 15) is 17.6 Å². The van der Waals surface area contributed by atoms with Crippen LogP contribution in [0.15, 0.2) is 18.2 Å². The summed E-state index contributed by atoms with van der Waals surface area (Å²) < 4.78 is 35.3. The Balaban J connectivity index is 0.00000529. The molecule has 3 N–H and O–H groups in total. The average molecular weight is 401 g/mol. The molecule has 1 aromatic rings. The molecule has 1 atom stereocenters. The average Bonchev–Trinajstić information content (AvgIpc) is 2.41. The van der Waals surface area contributed by atoms with Gasteiger partial charge in [0.15, 0.2) is 0 Å². The molecule has 24 heavy (non-hydrogen) atoms. The summed E-state index contributed by atoms with van der Waals surface area (Å²) >= 11 is 6.05. The number of hydrogen-bond acceptors (Lipinski definition) is 4. The highest BCUT2D eigenvalue weighted by molar-refractivity contribution is 7.90. The van der Waals surface area contributed by atoms with Crippen LogP contribution in [0, 0.1) is 5.82 Å². The lowest BCUT2D eigenvalue weighted by Gasteiger charge is -2.27. The van der Waals surface area contributed by atoms with E-state index < -0.39 is 33.0 Å². The van der Waals surface area contributed by atoms with Crippen LogP contribution in [0.3, 0.4) is 0 Å². The van der Waals surface area contributed by atoms with E-state index in [2.05, 4.69) is 5.32 Å². The third kappa shape index (κ3) is 7.34. The number of nitrogens with two attached hydrogens (primary N) is 1. The van der Waals surface area contributed by atoms with Gasteiger partial charge in [0.25, 0.3) is 0 Å². The number of amides is 1. The van der Waals surface area contributed by atoms with Gasteiger partial charge in [0.2, 0.25) is 5.91 Å². The van der Waals surface area contributed by atoms with Crippen LogP contribution in [0.2, 0.25) is 5.02 Å². The fraction of sp³-hybridized carbons (Fsp3) is 0.533. The Morgan fingerprint density at radius 3 is 2.50 bits per heavy atom. The van der Waals surface area contributed by atoms with Gasteiger partial charge in [-0.05, 0) is 24.1 Å². The molecule has 5 nitrogen and oxygen atoms in total. The van der Waals surface area contributed by atoms with E-state index in [1.54, 1.807) is 6.07 Å². The molecule has 0 heterocycles. The molecule has 138 valence electrons. The van der Waals surface area contributed by atoms with E-state index in [4.69, 9.17) is 17.3 Å². The van der Waals surface area contributed by atoms with E-state index in [0.29, 0.717) is 5.56 Å². The maximum atomic E-state index is 13.1. The number of halogens is 3. The predicted octanol–water partition coefficient (Wildman–Crippen LogP) is 2.06. The first-order valence-electron chi connectivity index (χ1n) is 7.09. The molecule has 0 aliphatic carbocycles. The van der Waals surface area contributed by atoms with E-state index in [1.165, 1.54) is 12.1 Å². The zero-order valence-corrected chi connectivity index (χ0v) is 16.2. The standard InChI is InChI=1S/C15H22ClFN2O3S.ClH/c1-15(2,11-5-4-10(17)8-12(11)16)9-19-14(20)13(18)6-7-23(3,21)22;/h4-5,8,13H,6-7,9,18H2,1-3H3,(H,19,20);1H. The van der Waals surface area contributed by atoms with Crippen LogP contribution < -0.4 is 11.1 Å². The Bertz CT molecular complexity index is 681. The third-order valence-electron chi connectivity index (χ3n) is 3.50. The highest BCUT2D eigenvalue weighted by atomic mass is 35.5. The first kappa shape index (κ1) is 23.1. The topological polar surface area (TPSA) is 89.3 Å². The van der Waals surface area contributed by atoms with Crippen molar-refractivity contribution < 1.29 is 17.6 Å². The number of carbonyl (C=O) groups is 1. The van der Waals surface area contributed by atoms with Gasteiger partial charge < -0.3 is 11.1 Å². The lowest BCUT2D eigenvalue weighted by atomic mass is 9.84. The largest absolute Gasteiger partial charge is 0.354 e. The first-order valence-corrected chi connectivity index (χ1v) is 9.53. The first-order chi connectivity index (χ1) is 10.4. The van der Waals surface area contributed by atoms with Crippen LogP contribution in [0.4, 0.5) is 4.39 Å². The second-order valence-electron chi connectivity index (χ2n) is 6.25. The molecule has 0 fully saturated rings. The van der Waals surface area contributed by atoms with Crippen molar-refractivity contribution in [3.05, 3.63) is 34.6 Å². The fourth-order valence-corrected chi connectivity index (χ4v) is 3.15. The van der Waals surface area contributed by atoms with Crippen molar-refractivity contribution in [2.75, 3.05) is 18.6 Å². The van der Waals surface area contributed by atoms with Crippen LogP contribution in [0.5, 0.6) is 0 Å². The van der Waals surface area contributed by atoms with Crippen molar-refractivity contribution >= 4 is 39.8 Å². The molecule has 0 aromatic heterocycles. The summed E-state index contributed by atoms with van der Waals surface area (Å²) in [5.74, 6) is -1.00. The van der Waals surface area contributed by atoms with Crippen molar-refractivity contribution in [2.45, 2.75) is 31.7 Å². The quantitative estimate of drug-likeness (QED) is 0.732. The Hall–Kier alpha value is -0.890. The minimum Gasteiger partial charge on any atom is -0.354 e. The van der Waals surface area contributed by atoms with Gasteiger partial charge in [-0.15, -0.1) is 12.4 Å². The Kier molecular flexibility index (Phi) is 8.65. The van der Waals surface area contributed by atoms with Gasteiger partial charge in [0.1, 0.15) is 15.7 Å². The molecule has 0 aliphatic rings. The molecule has 0 radical (unpaired) electrons. The molecule has 0 bridgehead atoms. The number of benzene rings is 1. The van der Waals surface area contributed by atoms with Crippen LogP contribution in [0.25, 0.3) is 0 Å². The number of hydrogen-bond donors (Lipinski definition) is 2. The second-order valence-corrected chi connectivity index (χ2v) is 8.92. The van der Waals surface area contributed by atoms with Crippen LogP contribution in [-0.4, -0.2) is 38.9 Å². The predicted molar refractivity (Wildman–Crippen MR) is 97.0 cm³/mol. The number of sulfone groups is 1. The van der Waals surface area contributed by atoms with E-state index in [0.717, 1.165) is 6.26 Å². The zero-order valence-electron chi connectivity index (χ0n) is 13.8. The molecule has 1 unspecified atom stereocenters. The van der Waals surface area contributed by atoms with Gasteiger partial charge in [-0.3, -0.25) is 4.79 Å². The molecule has 0 saturated heterocycles. The summed E-state index contributed by atoms with van der Waals surface area (Å²) in [5.41, 5.74) is 5.86. The summed E-state index contributed by atoms with van der Waals surface area (Å²) in [5, 5.41) is 2.97. The van der Waals surface area contributed by atoms with Gasteiger partial charge in [0, 0.05) is 23.2 Å². The van der Waals surface area contributed by atoms with Crippen LogP contribution in [0.1, 0.15) is 25.8 Å². The van der Waals surface area contributed by atoms with Gasteiger partial charge in [-0.2, -0.15) is 0 Å². The molecule has 9 heteroatoms. The Morgan fingerprint density at radius 2 is 2.00 bits per heavy atom. The van der Waals surface area contributed by atoms with Gasteiger partial charge in [-0.25, -0.2) is 12.8 Å². The molecule has 1 amide bonds. The van der Waals surface area contributed by atoms with E-state index in [1.807, 2.05) is 13.8 Å². The number of carbonyl (C=O) groups excluding carboxylic acids is 1. The highest BCUT2D eigenvalue weighted by Crippen LogP contribution is 2.29. The highest BCUT2D eigenvalue weighted by Gasteiger charge is 2.25. The van der Waals surface area contributed by atoms with Crippen molar-refractivity contribution in [2.24, 2.45) is 5.73 Å². The molecule has 0 aliphatic heterocycles. The van der Waals surface area contributed by atoms with Crippen molar-refractivity contribution in [3.8, 4) is 0 Å². The van der Waals surface area contributed by atoms with E-state index >= 15 is 0 Å². The lowest BCUT2D eigenvalue weighted by Crippen LogP contribution is -2.45. The van der Waals surface area contributed by atoms with Crippen molar-refractivity contribution in [1.82, 2.24) is 5.32 Å². The molecular formula is C15H23Cl2FN2O3S. The normalized spacial score (nSPS) is 13.1. The maximum absolute atomic E-state index is 13.1. The van der Waals surface area contributed by atoms with Crippen molar-refractivity contribution in [3.63, 3.8) is 0 Å². The number of nitrogens with one attached hydrogen (secondary N) is 1. The molecule has 0 spiro atoms. The molecule has 1 rings (SSSR count). The summed E-state index contributed by atoms with van der Waals surface area (Å²) in [6, 6.07) is 3.21. The van der Waals surface area contributed by atoms with Crippen LogP contribution >= 0.6 is 24.0 Å². The molecular weight excluding hydrogens is 378 g/mol. The number of rotatable bonds is 7. The summed E-state index contributed by atoms with van der Waals surface area (Å²) in [4.78, 5) is 12.0. The second kappa shape index (κ2) is 8.99. The minimum atomic E-state index is -3.16. The van der Waals surface area contributed by atoms with Gasteiger partial charge in [0.05, 0.1) is 11.8 Å². The Labute approximate surface area is 153 Å². The SMILES string of the molecule is CC(C)(CNC(=O)C(N)CCS(C)(=O)=O)c1ccc(F)cc1Cl.Cl. The summed E-state index contributed by atoms with van der Waals surface area (Å²) in [6.07, 6.45) is 1.15. The van der Waals surface area contributed by atoms with Gasteiger partial charge in [-0.1, -0.05) is 31.5 Å². The Morgan fingerprint density at radius 1 is 1.42 bits per heavy atom. The van der Waals surface area contributed by atoms with Gasteiger partial charge >= 0.3 is 0 Å². The fourth-order valence-electron chi connectivity index (χ4n) is 2.04. The monoisotopic (exact) mass is 400 g/mol. The maximum Gasteiger partial charge on any atom is 0.236 e. The summed E-state index contributed by atoms with van der Waals surface area (Å²) in [7, 11) is -3.16. The lowest BCUT2D eigenvalue weighted by molar-refractivity contribution is -0.122. The minimum absolute atomic E-state index is 0. The van der Waals surface area contributed by atoms with E-state index in [-0.39, 0.29) is 36.1 Å². The zero-order chi connectivity index (χ0) is 17.8. The third-order valence-corrected chi connectivity index (χ3v) is 4.79. The smallest absolute Gasteiger partial charge is 0.236 e. The summed E-state index contributed by atoms with van der Waals surface area (Å²) in [6.45, 7) is 3.95. The van der Waals surface area contributed by atoms with Crippen LogP contribution in [-0.2, 0) is 20.0 Å².